The molecule has 122 valence electrons. The van der Waals surface area contributed by atoms with Crippen molar-refractivity contribution in [3.05, 3.63) is 53.6 Å². The van der Waals surface area contributed by atoms with Gasteiger partial charge in [0, 0.05) is 12.7 Å². The van der Waals surface area contributed by atoms with E-state index in [1.54, 1.807) is 19.1 Å². The molecule has 0 aliphatic heterocycles. The molecule has 1 N–H and O–H groups in total. The molecule has 0 saturated carbocycles. The van der Waals surface area contributed by atoms with Crippen LogP contribution >= 0.6 is 0 Å². The smallest absolute Gasteiger partial charge is 0.422 e. The topological polar surface area (TPSA) is 64.1 Å². The molecule has 0 aliphatic rings. The predicted octanol–water partition coefficient (Wildman–Crippen LogP) is 2.66. The van der Waals surface area contributed by atoms with Crippen LogP contribution in [0.25, 0.3) is 0 Å². The molecule has 0 fully saturated rings. The number of hydrogen-bond acceptors (Lipinski definition) is 4. The van der Waals surface area contributed by atoms with Gasteiger partial charge in [-0.05, 0) is 30.2 Å². The predicted molar refractivity (Wildman–Crippen MR) is 75.9 cm³/mol. The minimum absolute atomic E-state index is 0.160. The van der Waals surface area contributed by atoms with Gasteiger partial charge in [-0.25, -0.2) is 9.97 Å². The average Bonchev–Trinajstić information content (AvgIpc) is 2.51. The van der Waals surface area contributed by atoms with Gasteiger partial charge in [0.1, 0.15) is 17.8 Å². The molecule has 23 heavy (non-hydrogen) atoms. The minimum atomic E-state index is -4.38. The summed E-state index contributed by atoms with van der Waals surface area (Å²) in [5, 5.41) is 2.67. The van der Waals surface area contributed by atoms with Crippen molar-refractivity contribution in [2.24, 2.45) is 0 Å². The Hall–Kier alpha value is -2.64. The number of aromatic nitrogens is 2. The van der Waals surface area contributed by atoms with E-state index in [1.165, 1.54) is 24.7 Å². The molecule has 1 heterocycles. The first-order valence-corrected chi connectivity index (χ1v) is 6.68. The summed E-state index contributed by atoms with van der Waals surface area (Å²) in [5.74, 6) is -0.198. The van der Waals surface area contributed by atoms with Gasteiger partial charge < -0.3 is 10.1 Å². The van der Waals surface area contributed by atoms with E-state index in [2.05, 4.69) is 15.3 Å². The van der Waals surface area contributed by atoms with Crippen LogP contribution in [0.5, 0.6) is 5.75 Å². The van der Waals surface area contributed by atoms with Crippen molar-refractivity contribution in [2.75, 3.05) is 6.61 Å². The molecule has 0 unspecified atom stereocenters. The van der Waals surface area contributed by atoms with Crippen LogP contribution in [0.15, 0.2) is 36.8 Å². The molecular weight excluding hydrogens is 311 g/mol. The number of nitrogens with one attached hydrogen (secondary N) is 1. The number of benzene rings is 1. The lowest BCUT2D eigenvalue weighted by Gasteiger charge is -2.12. The molecule has 0 bridgehead atoms. The molecule has 1 aromatic carbocycles. The second kappa shape index (κ2) is 7.08. The zero-order valence-electron chi connectivity index (χ0n) is 12.2. The summed E-state index contributed by atoms with van der Waals surface area (Å²) in [6.45, 7) is 0.530. The number of rotatable bonds is 5. The maximum atomic E-state index is 12.1. The number of ether oxygens (including phenoxy) is 1. The van der Waals surface area contributed by atoms with Gasteiger partial charge in [-0.1, -0.05) is 12.1 Å². The van der Waals surface area contributed by atoms with Crippen molar-refractivity contribution in [1.29, 1.82) is 0 Å². The van der Waals surface area contributed by atoms with Crippen LogP contribution in [-0.2, 0) is 6.54 Å². The average molecular weight is 325 g/mol. The fraction of sp³-hybridized carbons (Fsp3) is 0.267. The van der Waals surface area contributed by atoms with Gasteiger partial charge in [0.15, 0.2) is 6.61 Å². The Morgan fingerprint density at radius 2 is 2.09 bits per heavy atom. The van der Waals surface area contributed by atoms with Crippen LogP contribution in [0.1, 0.15) is 21.6 Å². The molecular formula is C15H14F3N3O2. The van der Waals surface area contributed by atoms with E-state index in [9.17, 15) is 18.0 Å². The van der Waals surface area contributed by atoms with Crippen LogP contribution in [0.2, 0.25) is 0 Å². The largest absolute Gasteiger partial charge is 0.484 e. The van der Waals surface area contributed by atoms with Crippen molar-refractivity contribution in [1.82, 2.24) is 15.3 Å². The van der Waals surface area contributed by atoms with Crippen LogP contribution < -0.4 is 10.1 Å². The Kier molecular flexibility index (Phi) is 5.15. The summed E-state index contributed by atoms with van der Waals surface area (Å²) in [5.41, 5.74) is 1.54. The Bertz CT molecular complexity index is 675. The highest BCUT2D eigenvalue weighted by Gasteiger charge is 2.28. The second-order valence-electron chi connectivity index (χ2n) is 4.78. The third-order valence-electron chi connectivity index (χ3n) is 2.90. The molecule has 5 nitrogen and oxygen atoms in total. The fourth-order valence-corrected chi connectivity index (χ4v) is 1.84. The maximum absolute atomic E-state index is 12.1. The van der Waals surface area contributed by atoms with Gasteiger partial charge in [-0.3, -0.25) is 4.79 Å². The van der Waals surface area contributed by atoms with E-state index >= 15 is 0 Å². The third kappa shape index (κ3) is 5.24. The van der Waals surface area contributed by atoms with Crippen molar-refractivity contribution in [3.8, 4) is 5.75 Å². The highest BCUT2D eigenvalue weighted by Crippen LogP contribution is 2.22. The SMILES string of the molecule is Cc1cc(CNC(=O)c2ccncn2)ccc1OCC(F)(F)F. The first-order valence-electron chi connectivity index (χ1n) is 6.68. The minimum Gasteiger partial charge on any atom is -0.484 e. The molecule has 0 aliphatic carbocycles. The summed E-state index contributed by atoms with van der Waals surface area (Å²) in [6.07, 6.45) is -1.65. The lowest BCUT2D eigenvalue weighted by molar-refractivity contribution is -0.153. The standard InChI is InChI=1S/C15H14F3N3O2/c1-10-6-11(2-3-13(10)23-8-15(16,17)18)7-20-14(22)12-4-5-19-9-21-12/h2-6,9H,7-8H2,1H3,(H,20,22). The monoisotopic (exact) mass is 325 g/mol. The third-order valence-corrected chi connectivity index (χ3v) is 2.90. The Balaban J connectivity index is 1.94. The van der Waals surface area contributed by atoms with E-state index in [4.69, 9.17) is 4.74 Å². The van der Waals surface area contributed by atoms with E-state index < -0.39 is 12.8 Å². The molecule has 0 spiro atoms. The zero-order chi connectivity index (χ0) is 16.9. The highest BCUT2D eigenvalue weighted by molar-refractivity contribution is 5.91. The first kappa shape index (κ1) is 16.7. The van der Waals surface area contributed by atoms with Gasteiger partial charge in [0.2, 0.25) is 0 Å². The quantitative estimate of drug-likeness (QED) is 0.918. The molecule has 2 rings (SSSR count). The summed E-state index contributed by atoms with van der Waals surface area (Å²) < 4.78 is 41.1. The van der Waals surface area contributed by atoms with Crippen LogP contribution in [-0.4, -0.2) is 28.7 Å². The summed E-state index contributed by atoms with van der Waals surface area (Å²) in [7, 11) is 0. The number of nitrogens with zero attached hydrogens (tertiary/aromatic N) is 2. The van der Waals surface area contributed by atoms with Gasteiger partial charge in [-0.2, -0.15) is 13.2 Å². The van der Waals surface area contributed by atoms with Crippen molar-refractivity contribution in [2.45, 2.75) is 19.6 Å². The van der Waals surface area contributed by atoms with E-state index in [1.807, 2.05) is 0 Å². The van der Waals surface area contributed by atoms with Crippen molar-refractivity contribution in [3.63, 3.8) is 0 Å². The number of amides is 1. The molecule has 8 heteroatoms. The molecule has 0 saturated heterocycles. The van der Waals surface area contributed by atoms with Crippen molar-refractivity contribution < 1.29 is 22.7 Å². The Morgan fingerprint density at radius 1 is 1.30 bits per heavy atom. The zero-order valence-corrected chi connectivity index (χ0v) is 12.2. The number of carbonyl (C=O) groups excluding carboxylic acids is 1. The Morgan fingerprint density at radius 3 is 2.70 bits per heavy atom. The Labute approximate surface area is 130 Å². The second-order valence-corrected chi connectivity index (χ2v) is 4.78. The van der Waals surface area contributed by atoms with Crippen LogP contribution in [0, 0.1) is 6.92 Å². The van der Waals surface area contributed by atoms with E-state index in [0.717, 1.165) is 5.56 Å². The van der Waals surface area contributed by atoms with Gasteiger partial charge >= 0.3 is 6.18 Å². The first-order chi connectivity index (χ1) is 10.8. The molecule has 0 radical (unpaired) electrons. The summed E-state index contributed by atoms with van der Waals surface area (Å²) >= 11 is 0. The molecule has 2 aromatic rings. The summed E-state index contributed by atoms with van der Waals surface area (Å²) in [4.78, 5) is 19.4. The fourth-order valence-electron chi connectivity index (χ4n) is 1.84. The van der Waals surface area contributed by atoms with Crippen LogP contribution in [0.4, 0.5) is 13.2 Å². The van der Waals surface area contributed by atoms with Gasteiger partial charge in [0.25, 0.3) is 5.91 Å². The van der Waals surface area contributed by atoms with E-state index in [-0.39, 0.29) is 23.9 Å². The number of alkyl halides is 3. The normalized spacial score (nSPS) is 11.1. The number of aryl methyl sites for hydroxylation is 1. The molecule has 1 aromatic heterocycles. The van der Waals surface area contributed by atoms with E-state index in [0.29, 0.717) is 5.56 Å². The summed E-state index contributed by atoms with van der Waals surface area (Å²) in [6, 6.07) is 6.19. The highest BCUT2D eigenvalue weighted by atomic mass is 19.4. The maximum Gasteiger partial charge on any atom is 0.422 e. The number of carbonyl (C=O) groups is 1. The molecule has 1 amide bonds. The number of hydrogen-bond donors (Lipinski definition) is 1. The lowest BCUT2D eigenvalue weighted by Crippen LogP contribution is -2.24. The number of halogens is 3. The molecule has 0 atom stereocenters. The van der Waals surface area contributed by atoms with Gasteiger partial charge in [0.05, 0.1) is 0 Å². The van der Waals surface area contributed by atoms with Crippen LogP contribution in [0.3, 0.4) is 0 Å². The van der Waals surface area contributed by atoms with Crippen molar-refractivity contribution >= 4 is 5.91 Å². The van der Waals surface area contributed by atoms with Gasteiger partial charge in [-0.15, -0.1) is 0 Å². The lowest BCUT2D eigenvalue weighted by atomic mass is 10.1.